The van der Waals surface area contributed by atoms with Crippen LogP contribution in [0.3, 0.4) is 0 Å². The first-order valence-electron chi connectivity index (χ1n) is 5.50. The van der Waals surface area contributed by atoms with Crippen molar-refractivity contribution < 1.29 is 13.2 Å². The average Bonchev–Trinajstić information content (AvgIpc) is 2.33. The van der Waals surface area contributed by atoms with Gasteiger partial charge in [-0.05, 0) is 30.3 Å². The normalized spacial score (nSPS) is 11.3. The van der Waals surface area contributed by atoms with Crippen LogP contribution < -0.4 is 10.5 Å². The number of benzene rings is 2. The molecule has 2 rings (SSSR count). The lowest BCUT2D eigenvalue weighted by Gasteiger charge is -2.12. The average molecular weight is 377 g/mol. The highest BCUT2D eigenvalue weighted by molar-refractivity contribution is 9.10. The summed E-state index contributed by atoms with van der Waals surface area (Å²) in [6.45, 7) is 0. The van der Waals surface area contributed by atoms with Gasteiger partial charge in [-0.25, -0.2) is 8.42 Å². The highest BCUT2D eigenvalue weighted by atomic mass is 79.9. The van der Waals surface area contributed by atoms with Gasteiger partial charge in [-0.1, -0.05) is 33.6 Å². The number of halogens is 2. The van der Waals surface area contributed by atoms with Crippen LogP contribution in [0.1, 0.15) is 0 Å². The topological polar surface area (TPSA) is 69.4 Å². The fraction of sp³-hybridized carbons (Fsp3) is 0.0769. The Balaban J connectivity index is 2.45. The lowest BCUT2D eigenvalue weighted by Crippen LogP contribution is -2.03. The van der Waals surface area contributed by atoms with E-state index in [4.69, 9.17) is 22.1 Å². The summed E-state index contributed by atoms with van der Waals surface area (Å²) in [5.41, 5.74) is 5.90. The fourth-order valence-electron chi connectivity index (χ4n) is 1.61. The standard InChI is InChI=1S/C13H11BrClNO3S/c1-20(17,18)12-4-2-3-11(13(12)16)19-10-6-5-8(14)7-9(10)15/h2-7H,16H2,1H3. The zero-order valence-corrected chi connectivity index (χ0v) is 13.6. The van der Waals surface area contributed by atoms with Crippen LogP contribution >= 0.6 is 27.5 Å². The number of rotatable bonds is 3. The van der Waals surface area contributed by atoms with E-state index in [1.807, 2.05) is 0 Å². The molecule has 0 aliphatic heterocycles. The Bertz CT molecular complexity index is 762. The molecule has 4 nitrogen and oxygen atoms in total. The lowest BCUT2D eigenvalue weighted by atomic mass is 10.3. The van der Waals surface area contributed by atoms with Crippen molar-refractivity contribution in [2.45, 2.75) is 4.90 Å². The fourth-order valence-corrected chi connectivity index (χ4v) is 3.15. The minimum atomic E-state index is -3.41. The molecule has 0 amide bonds. The van der Waals surface area contributed by atoms with Crippen molar-refractivity contribution >= 4 is 43.1 Å². The number of hydrogen-bond donors (Lipinski definition) is 1. The number of para-hydroxylation sites is 1. The number of nitrogens with two attached hydrogens (primary N) is 1. The van der Waals surface area contributed by atoms with Gasteiger partial charge >= 0.3 is 0 Å². The van der Waals surface area contributed by atoms with Crippen LogP contribution in [-0.4, -0.2) is 14.7 Å². The largest absolute Gasteiger partial charge is 0.454 e. The molecule has 0 atom stereocenters. The number of anilines is 1. The Morgan fingerprint density at radius 3 is 2.50 bits per heavy atom. The molecular weight excluding hydrogens is 366 g/mol. The van der Waals surface area contributed by atoms with E-state index in [0.717, 1.165) is 10.7 Å². The van der Waals surface area contributed by atoms with Gasteiger partial charge in [-0.3, -0.25) is 0 Å². The third-order valence-corrected chi connectivity index (χ3v) is 4.48. The maximum Gasteiger partial charge on any atom is 0.177 e. The molecule has 0 aliphatic rings. The Labute approximate surface area is 130 Å². The minimum absolute atomic E-state index is 0.0308. The van der Waals surface area contributed by atoms with Crippen LogP contribution in [0.25, 0.3) is 0 Å². The first-order chi connectivity index (χ1) is 9.29. The molecule has 0 heterocycles. The smallest absolute Gasteiger partial charge is 0.177 e. The van der Waals surface area contributed by atoms with E-state index < -0.39 is 9.84 Å². The van der Waals surface area contributed by atoms with Gasteiger partial charge < -0.3 is 10.5 Å². The second-order valence-electron chi connectivity index (χ2n) is 4.12. The van der Waals surface area contributed by atoms with E-state index in [1.54, 1.807) is 30.3 Å². The van der Waals surface area contributed by atoms with Crippen molar-refractivity contribution in [3.63, 3.8) is 0 Å². The molecule has 0 bridgehead atoms. The van der Waals surface area contributed by atoms with Gasteiger partial charge in [0.15, 0.2) is 15.6 Å². The van der Waals surface area contributed by atoms with Crippen LogP contribution in [0.2, 0.25) is 5.02 Å². The summed E-state index contributed by atoms with van der Waals surface area (Å²) in [5, 5.41) is 0.392. The summed E-state index contributed by atoms with van der Waals surface area (Å²) < 4.78 is 29.6. The molecule has 0 saturated carbocycles. The molecular formula is C13H11BrClNO3S. The van der Waals surface area contributed by atoms with E-state index in [0.29, 0.717) is 10.8 Å². The minimum Gasteiger partial charge on any atom is -0.454 e. The summed E-state index contributed by atoms with van der Waals surface area (Å²) in [5.74, 6) is 0.643. The molecule has 0 unspecified atom stereocenters. The predicted octanol–water partition coefficient (Wildman–Crippen LogP) is 3.88. The van der Waals surface area contributed by atoms with Gasteiger partial charge in [0.05, 0.1) is 15.6 Å². The molecule has 0 radical (unpaired) electrons. The molecule has 20 heavy (non-hydrogen) atoms. The van der Waals surface area contributed by atoms with Gasteiger partial charge in [-0.15, -0.1) is 0 Å². The SMILES string of the molecule is CS(=O)(=O)c1cccc(Oc2ccc(Br)cc2Cl)c1N. The van der Waals surface area contributed by atoms with Gasteiger partial charge in [0.2, 0.25) is 0 Å². The van der Waals surface area contributed by atoms with Crippen molar-refractivity contribution in [1.29, 1.82) is 0 Å². The molecule has 2 aromatic rings. The molecule has 2 N–H and O–H groups in total. The maximum atomic E-state index is 11.6. The van der Waals surface area contributed by atoms with E-state index in [1.165, 1.54) is 6.07 Å². The third-order valence-electron chi connectivity index (χ3n) is 2.54. The molecule has 0 aliphatic carbocycles. The highest BCUT2D eigenvalue weighted by Gasteiger charge is 2.16. The maximum absolute atomic E-state index is 11.6. The van der Waals surface area contributed by atoms with Crippen LogP contribution in [-0.2, 0) is 9.84 Å². The van der Waals surface area contributed by atoms with E-state index in [2.05, 4.69) is 15.9 Å². The second-order valence-corrected chi connectivity index (χ2v) is 7.42. The van der Waals surface area contributed by atoms with E-state index >= 15 is 0 Å². The Morgan fingerprint density at radius 2 is 1.90 bits per heavy atom. The quantitative estimate of drug-likeness (QED) is 0.825. The molecule has 0 fully saturated rings. The Hall–Kier alpha value is -1.24. The first kappa shape index (κ1) is 15.2. The molecule has 0 spiro atoms. The molecule has 2 aromatic carbocycles. The van der Waals surface area contributed by atoms with E-state index in [9.17, 15) is 8.42 Å². The first-order valence-corrected chi connectivity index (χ1v) is 8.57. The van der Waals surface area contributed by atoms with Crippen LogP contribution in [0.15, 0.2) is 45.8 Å². The lowest BCUT2D eigenvalue weighted by molar-refractivity contribution is 0.483. The number of nitrogen functional groups attached to an aromatic ring is 1. The third kappa shape index (κ3) is 3.26. The predicted molar refractivity (Wildman–Crippen MR) is 83.2 cm³/mol. The second kappa shape index (κ2) is 5.63. The molecule has 0 aromatic heterocycles. The van der Waals surface area contributed by atoms with Gasteiger partial charge in [0.25, 0.3) is 0 Å². The van der Waals surface area contributed by atoms with Crippen molar-refractivity contribution in [3.8, 4) is 11.5 Å². The van der Waals surface area contributed by atoms with Crippen molar-refractivity contribution in [2.75, 3.05) is 12.0 Å². The van der Waals surface area contributed by atoms with E-state index in [-0.39, 0.29) is 16.3 Å². The summed E-state index contributed by atoms with van der Waals surface area (Å²) in [7, 11) is -3.41. The van der Waals surface area contributed by atoms with Crippen LogP contribution in [0.5, 0.6) is 11.5 Å². The Kier molecular flexibility index (Phi) is 4.27. The highest BCUT2D eigenvalue weighted by Crippen LogP contribution is 2.36. The zero-order valence-electron chi connectivity index (χ0n) is 10.4. The number of sulfone groups is 1. The zero-order chi connectivity index (χ0) is 14.9. The number of hydrogen-bond acceptors (Lipinski definition) is 4. The summed E-state index contributed by atoms with van der Waals surface area (Å²) >= 11 is 9.34. The summed E-state index contributed by atoms with van der Waals surface area (Å²) in [6.07, 6.45) is 1.09. The number of ether oxygens (including phenoxy) is 1. The van der Waals surface area contributed by atoms with Gasteiger partial charge in [0, 0.05) is 10.7 Å². The Morgan fingerprint density at radius 1 is 1.20 bits per heavy atom. The molecule has 106 valence electrons. The summed E-state index contributed by atoms with van der Waals surface area (Å²) in [4.78, 5) is 0.0308. The van der Waals surface area contributed by atoms with Gasteiger partial charge in [0.1, 0.15) is 5.75 Å². The summed E-state index contributed by atoms with van der Waals surface area (Å²) in [6, 6.07) is 9.68. The molecule has 0 saturated heterocycles. The van der Waals surface area contributed by atoms with Gasteiger partial charge in [-0.2, -0.15) is 0 Å². The van der Waals surface area contributed by atoms with Crippen molar-refractivity contribution in [2.24, 2.45) is 0 Å². The van der Waals surface area contributed by atoms with Crippen molar-refractivity contribution in [3.05, 3.63) is 45.9 Å². The van der Waals surface area contributed by atoms with Crippen molar-refractivity contribution in [1.82, 2.24) is 0 Å². The molecule has 7 heteroatoms. The van der Waals surface area contributed by atoms with Crippen LogP contribution in [0, 0.1) is 0 Å². The van der Waals surface area contributed by atoms with Crippen LogP contribution in [0.4, 0.5) is 5.69 Å². The monoisotopic (exact) mass is 375 g/mol.